The van der Waals surface area contributed by atoms with E-state index in [2.05, 4.69) is 22.5 Å². The number of hydrogen-bond donors (Lipinski definition) is 2. The first-order chi connectivity index (χ1) is 10.1. The number of amides is 1. The molecule has 0 saturated carbocycles. The Hall–Kier alpha value is -2.66. The summed E-state index contributed by atoms with van der Waals surface area (Å²) in [7, 11) is 0. The Morgan fingerprint density at radius 1 is 1.10 bits per heavy atom. The van der Waals surface area contributed by atoms with E-state index in [1.165, 1.54) is 5.56 Å². The minimum absolute atomic E-state index is 0.230. The van der Waals surface area contributed by atoms with Crippen molar-refractivity contribution in [1.82, 2.24) is 0 Å². The summed E-state index contributed by atoms with van der Waals surface area (Å²) in [5, 5.41) is 6.23. The molecule has 0 saturated heterocycles. The summed E-state index contributed by atoms with van der Waals surface area (Å²) in [6.07, 6.45) is 0. The zero-order chi connectivity index (χ0) is 14.8. The third-order valence-electron chi connectivity index (χ3n) is 3.19. The summed E-state index contributed by atoms with van der Waals surface area (Å²) >= 11 is 1.66. The number of thiophene rings is 1. The van der Waals surface area contributed by atoms with Crippen LogP contribution in [-0.4, -0.2) is 11.9 Å². The number of guanidine groups is 1. The predicted octanol–water partition coefficient (Wildman–Crippen LogP) is 2.98. The van der Waals surface area contributed by atoms with Gasteiger partial charge < -0.3 is 11.5 Å². The lowest BCUT2D eigenvalue weighted by molar-refractivity contribution is 0.100. The molecule has 1 aromatic heterocycles. The van der Waals surface area contributed by atoms with Crippen LogP contribution in [0.15, 0.2) is 58.2 Å². The van der Waals surface area contributed by atoms with Gasteiger partial charge in [-0.15, -0.1) is 0 Å². The van der Waals surface area contributed by atoms with Crippen LogP contribution in [-0.2, 0) is 0 Å². The molecule has 0 aliphatic heterocycles. The average molecular weight is 295 g/mol. The van der Waals surface area contributed by atoms with Crippen LogP contribution < -0.4 is 11.5 Å². The Labute approximate surface area is 125 Å². The lowest BCUT2D eigenvalue weighted by Gasteiger charge is -2.06. The van der Waals surface area contributed by atoms with Crippen LogP contribution in [0.2, 0.25) is 0 Å². The standard InChI is InChI=1S/C16H13N3OS/c17-16(18)19-15(20)11-4-5-14-10(8-11)2-1-3-13(14)12-6-7-21-9-12/h1-9H,(H4,17,18,19,20). The molecule has 3 aromatic rings. The third-order valence-corrected chi connectivity index (χ3v) is 3.87. The average Bonchev–Trinajstić information content (AvgIpc) is 2.99. The van der Waals surface area contributed by atoms with Gasteiger partial charge in [-0.3, -0.25) is 4.79 Å². The number of hydrogen-bond acceptors (Lipinski definition) is 2. The highest BCUT2D eigenvalue weighted by Crippen LogP contribution is 2.30. The number of nitrogens with zero attached hydrogens (tertiary/aromatic N) is 1. The van der Waals surface area contributed by atoms with Gasteiger partial charge in [0.15, 0.2) is 5.96 Å². The van der Waals surface area contributed by atoms with Crippen LogP contribution in [0.1, 0.15) is 10.4 Å². The predicted molar refractivity (Wildman–Crippen MR) is 87.4 cm³/mol. The van der Waals surface area contributed by atoms with Gasteiger partial charge in [0, 0.05) is 5.56 Å². The van der Waals surface area contributed by atoms with E-state index in [0.717, 1.165) is 16.3 Å². The minimum atomic E-state index is -0.433. The van der Waals surface area contributed by atoms with E-state index in [4.69, 9.17) is 11.5 Å². The van der Waals surface area contributed by atoms with Gasteiger partial charge in [0.1, 0.15) is 0 Å². The maximum Gasteiger partial charge on any atom is 0.280 e. The SMILES string of the molecule is NC(N)=NC(=O)c1ccc2c(-c3ccsc3)cccc2c1. The number of carbonyl (C=O) groups excluding carboxylic acids is 1. The van der Waals surface area contributed by atoms with Gasteiger partial charge in [-0.1, -0.05) is 24.3 Å². The lowest BCUT2D eigenvalue weighted by Crippen LogP contribution is -2.24. The van der Waals surface area contributed by atoms with Gasteiger partial charge >= 0.3 is 0 Å². The molecule has 21 heavy (non-hydrogen) atoms. The van der Waals surface area contributed by atoms with Crippen molar-refractivity contribution < 1.29 is 4.79 Å². The first-order valence-corrected chi connectivity index (χ1v) is 7.29. The van der Waals surface area contributed by atoms with E-state index in [-0.39, 0.29) is 5.96 Å². The van der Waals surface area contributed by atoms with Gasteiger partial charge in [-0.25, -0.2) is 0 Å². The smallest absolute Gasteiger partial charge is 0.280 e. The molecule has 104 valence electrons. The van der Waals surface area contributed by atoms with Gasteiger partial charge in [-0.2, -0.15) is 16.3 Å². The van der Waals surface area contributed by atoms with Crippen molar-refractivity contribution in [3.63, 3.8) is 0 Å². The normalized spacial score (nSPS) is 10.5. The van der Waals surface area contributed by atoms with Gasteiger partial charge in [0.2, 0.25) is 0 Å². The number of nitrogens with two attached hydrogens (primary N) is 2. The monoisotopic (exact) mass is 295 g/mol. The molecule has 5 heteroatoms. The molecule has 3 rings (SSSR count). The second-order valence-electron chi connectivity index (χ2n) is 4.60. The Kier molecular flexibility index (Phi) is 3.41. The third kappa shape index (κ3) is 2.64. The van der Waals surface area contributed by atoms with Crippen LogP contribution in [0.5, 0.6) is 0 Å². The van der Waals surface area contributed by atoms with E-state index in [0.29, 0.717) is 5.56 Å². The lowest BCUT2D eigenvalue weighted by atomic mass is 9.98. The van der Waals surface area contributed by atoms with E-state index >= 15 is 0 Å². The number of benzene rings is 2. The van der Waals surface area contributed by atoms with Crippen molar-refractivity contribution in [1.29, 1.82) is 0 Å². The summed E-state index contributed by atoms with van der Waals surface area (Å²) in [5.74, 6) is -0.662. The Morgan fingerprint density at radius 2 is 1.95 bits per heavy atom. The Bertz CT molecular complexity index is 834. The first kappa shape index (κ1) is 13.3. The fourth-order valence-electron chi connectivity index (χ4n) is 2.27. The summed E-state index contributed by atoms with van der Waals surface area (Å²) < 4.78 is 0. The van der Waals surface area contributed by atoms with Crippen molar-refractivity contribution in [3.8, 4) is 11.1 Å². The zero-order valence-electron chi connectivity index (χ0n) is 11.1. The van der Waals surface area contributed by atoms with Crippen LogP contribution in [0.4, 0.5) is 0 Å². The van der Waals surface area contributed by atoms with E-state index in [9.17, 15) is 4.79 Å². The maximum atomic E-state index is 11.9. The van der Waals surface area contributed by atoms with Crippen molar-refractivity contribution in [2.45, 2.75) is 0 Å². The molecule has 0 radical (unpaired) electrons. The number of aliphatic imine (C=N–C) groups is 1. The minimum Gasteiger partial charge on any atom is -0.370 e. The maximum absolute atomic E-state index is 11.9. The zero-order valence-corrected chi connectivity index (χ0v) is 11.9. The summed E-state index contributed by atoms with van der Waals surface area (Å²) in [5.41, 5.74) is 13.3. The van der Waals surface area contributed by atoms with Gasteiger partial charge in [-0.05, 0) is 50.9 Å². The van der Waals surface area contributed by atoms with E-state index in [1.54, 1.807) is 23.5 Å². The number of rotatable bonds is 2. The fourth-order valence-corrected chi connectivity index (χ4v) is 2.92. The molecule has 0 unspecified atom stereocenters. The summed E-state index contributed by atoms with van der Waals surface area (Å²) in [4.78, 5) is 15.4. The molecule has 2 aromatic carbocycles. The molecule has 0 bridgehead atoms. The fraction of sp³-hybridized carbons (Fsp3) is 0. The Balaban J connectivity index is 2.12. The van der Waals surface area contributed by atoms with Gasteiger partial charge in [0.05, 0.1) is 0 Å². The topological polar surface area (TPSA) is 81.5 Å². The van der Waals surface area contributed by atoms with Crippen LogP contribution in [0, 0.1) is 0 Å². The van der Waals surface area contributed by atoms with Crippen molar-refractivity contribution in [2.75, 3.05) is 0 Å². The van der Waals surface area contributed by atoms with Crippen LogP contribution in [0.3, 0.4) is 0 Å². The summed E-state index contributed by atoms with van der Waals surface area (Å²) in [6, 6.07) is 13.6. The molecule has 0 atom stereocenters. The second-order valence-corrected chi connectivity index (χ2v) is 5.38. The highest BCUT2D eigenvalue weighted by atomic mass is 32.1. The number of fused-ring (bicyclic) bond motifs is 1. The molecule has 0 aliphatic carbocycles. The van der Waals surface area contributed by atoms with Crippen molar-refractivity contribution in [3.05, 3.63) is 58.8 Å². The molecule has 0 aliphatic rings. The first-order valence-electron chi connectivity index (χ1n) is 6.34. The molecular formula is C16H13N3OS. The van der Waals surface area contributed by atoms with Crippen LogP contribution in [0.25, 0.3) is 21.9 Å². The van der Waals surface area contributed by atoms with Crippen molar-refractivity contribution >= 4 is 34.0 Å². The molecule has 4 N–H and O–H groups in total. The van der Waals surface area contributed by atoms with E-state index in [1.807, 2.05) is 23.6 Å². The highest BCUT2D eigenvalue weighted by Gasteiger charge is 2.08. The molecule has 0 fully saturated rings. The number of carbonyl (C=O) groups is 1. The second kappa shape index (κ2) is 5.38. The summed E-state index contributed by atoms with van der Waals surface area (Å²) in [6.45, 7) is 0. The largest absolute Gasteiger partial charge is 0.370 e. The van der Waals surface area contributed by atoms with Crippen molar-refractivity contribution in [2.24, 2.45) is 16.5 Å². The van der Waals surface area contributed by atoms with Gasteiger partial charge in [0.25, 0.3) is 5.91 Å². The molecular weight excluding hydrogens is 282 g/mol. The quantitative estimate of drug-likeness (QED) is 0.563. The molecule has 1 amide bonds. The molecule has 4 nitrogen and oxygen atoms in total. The molecule has 0 spiro atoms. The van der Waals surface area contributed by atoms with Crippen LogP contribution >= 0.6 is 11.3 Å². The Morgan fingerprint density at radius 3 is 2.67 bits per heavy atom. The highest BCUT2D eigenvalue weighted by molar-refractivity contribution is 7.08. The van der Waals surface area contributed by atoms with E-state index < -0.39 is 5.91 Å². The molecule has 1 heterocycles.